The SMILES string of the molecule is CCC(N)CS(=O)(=O)Cc1ccc2c(c1)CCC2. The van der Waals surface area contributed by atoms with Crippen molar-refractivity contribution in [1.29, 1.82) is 0 Å². The van der Waals surface area contributed by atoms with Gasteiger partial charge in [0, 0.05) is 6.04 Å². The summed E-state index contributed by atoms with van der Waals surface area (Å²) in [5.74, 6) is 0.203. The lowest BCUT2D eigenvalue weighted by atomic mass is 10.1. The molecule has 1 aliphatic rings. The number of sulfone groups is 1. The highest BCUT2D eigenvalue weighted by Gasteiger charge is 2.17. The van der Waals surface area contributed by atoms with Gasteiger partial charge in [-0.2, -0.15) is 0 Å². The lowest BCUT2D eigenvalue weighted by Crippen LogP contribution is -2.29. The van der Waals surface area contributed by atoms with E-state index in [0.717, 1.165) is 18.4 Å². The van der Waals surface area contributed by atoms with Gasteiger partial charge < -0.3 is 5.73 Å². The van der Waals surface area contributed by atoms with Gasteiger partial charge in [-0.05, 0) is 42.4 Å². The average Bonchev–Trinajstić information content (AvgIpc) is 2.74. The van der Waals surface area contributed by atoms with E-state index in [4.69, 9.17) is 5.73 Å². The molecule has 1 aromatic rings. The fraction of sp³-hybridized carbons (Fsp3) is 0.571. The molecule has 0 heterocycles. The summed E-state index contributed by atoms with van der Waals surface area (Å²) >= 11 is 0. The van der Waals surface area contributed by atoms with Gasteiger partial charge in [-0.15, -0.1) is 0 Å². The lowest BCUT2D eigenvalue weighted by Gasteiger charge is -2.10. The second-order valence-electron chi connectivity index (χ2n) is 5.18. The van der Waals surface area contributed by atoms with Crippen molar-refractivity contribution in [3.8, 4) is 0 Å². The van der Waals surface area contributed by atoms with Crippen LogP contribution in [-0.4, -0.2) is 20.2 Å². The molecule has 1 atom stereocenters. The monoisotopic (exact) mass is 267 g/mol. The minimum Gasteiger partial charge on any atom is -0.327 e. The van der Waals surface area contributed by atoms with Crippen molar-refractivity contribution in [2.75, 3.05) is 5.75 Å². The van der Waals surface area contributed by atoms with E-state index in [2.05, 4.69) is 12.1 Å². The zero-order valence-electron chi connectivity index (χ0n) is 10.9. The third-order valence-electron chi connectivity index (χ3n) is 3.54. The van der Waals surface area contributed by atoms with Crippen LogP contribution in [0.25, 0.3) is 0 Å². The van der Waals surface area contributed by atoms with Gasteiger partial charge in [0.05, 0.1) is 11.5 Å². The molecule has 2 rings (SSSR count). The molecule has 100 valence electrons. The molecule has 1 unspecified atom stereocenters. The van der Waals surface area contributed by atoms with E-state index in [1.165, 1.54) is 17.5 Å². The Balaban J connectivity index is 2.09. The van der Waals surface area contributed by atoms with Crippen molar-refractivity contribution in [1.82, 2.24) is 0 Å². The highest BCUT2D eigenvalue weighted by atomic mass is 32.2. The Morgan fingerprint density at radius 3 is 2.72 bits per heavy atom. The standard InChI is InChI=1S/C14H21NO2S/c1-2-14(15)10-18(16,17)9-11-6-7-12-4-3-5-13(12)8-11/h6-8,14H,2-5,9-10,15H2,1H3. The summed E-state index contributed by atoms with van der Waals surface area (Å²) in [7, 11) is -3.09. The Kier molecular flexibility index (Phi) is 4.07. The van der Waals surface area contributed by atoms with Crippen molar-refractivity contribution in [3.63, 3.8) is 0 Å². The molecule has 0 saturated heterocycles. The number of hydrogen-bond donors (Lipinski definition) is 1. The fourth-order valence-electron chi connectivity index (χ4n) is 2.47. The zero-order chi connectivity index (χ0) is 13.2. The predicted molar refractivity (Wildman–Crippen MR) is 74.2 cm³/mol. The fourth-order valence-corrected chi connectivity index (χ4v) is 4.17. The zero-order valence-corrected chi connectivity index (χ0v) is 11.7. The maximum atomic E-state index is 12.0. The van der Waals surface area contributed by atoms with E-state index in [9.17, 15) is 8.42 Å². The normalized spacial score (nSPS) is 16.6. The molecular formula is C14H21NO2S. The molecule has 0 amide bonds. The number of aryl methyl sites for hydroxylation is 2. The van der Waals surface area contributed by atoms with Crippen molar-refractivity contribution >= 4 is 9.84 Å². The third-order valence-corrected chi connectivity index (χ3v) is 5.25. The van der Waals surface area contributed by atoms with Crippen LogP contribution >= 0.6 is 0 Å². The number of hydrogen-bond acceptors (Lipinski definition) is 3. The molecule has 18 heavy (non-hydrogen) atoms. The Morgan fingerprint density at radius 2 is 2.00 bits per heavy atom. The van der Waals surface area contributed by atoms with Gasteiger partial charge in [0.2, 0.25) is 0 Å². The summed E-state index contributed by atoms with van der Waals surface area (Å²) in [4.78, 5) is 0. The molecule has 4 heteroatoms. The van der Waals surface area contributed by atoms with E-state index in [-0.39, 0.29) is 17.5 Å². The highest BCUT2D eigenvalue weighted by molar-refractivity contribution is 7.90. The van der Waals surface area contributed by atoms with Crippen molar-refractivity contribution in [2.45, 2.75) is 44.4 Å². The van der Waals surface area contributed by atoms with Crippen LogP contribution in [0.5, 0.6) is 0 Å². The van der Waals surface area contributed by atoms with Crippen molar-refractivity contribution in [3.05, 3.63) is 34.9 Å². The van der Waals surface area contributed by atoms with Gasteiger partial charge in [-0.25, -0.2) is 8.42 Å². The van der Waals surface area contributed by atoms with Gasteiger partial charge in [-0.3, -0.25) is 0 Å². The first-order chi connectivity index (χ1) is 8.50. The molecule has 0 fully saturated rings. The number of rotatable bonds is 5. The lowest BCUT2D eigenvalue weighted by molar-refractivity contribution is 0.583. The van der Waals surface area contributed by atoms with Gasteiger partial charge in [-0.1, -0.05) is 25.1 Å². The summed E-state index contributed by atoms with van der Waals surface area (Å²) in [6.45, 7) is 1.91. The molecule has 0 saturated carbocycles. The van der Waals surface area contributed by atoms with Gasteiger partial charge in [0.1, 0.15) is 0 Å². The average molecular weight is 267 g/mol. The van der Waals surface area contributed by atoms with Crippen LogP contribution in [0.4, 0.5) is 0 Å². The molecule has 0 bridgehead atoms. The van der Waals surface area contributed by atoms with Crippen LogP contribution in [0.3, 0.4) is 0 Å². The Labute approximate surface area is 109 Å². The second kappa shape index (κ2) is 5.41. The van der Waals surface area contributed by atoms with Gasteiger partial charge in [0.15, 0.2) is 9.84 Å². The van der Waals surface area contributed by atoms with Crippen LogP contribution in [0.15, 0.2) is 18.2 Å². The molecule has 1 aromatic carbocycles. The molecule has 3 nitrogen and oxygen atoms in total. The minimum atomic E-state index is -3.09. The van der Waals surface area contributed by atoms with E-state index in [0.29, 0.717) is 6.42 Å². The summed E-state index contributed by atoms with van der Waals surface area (Å²) in [5, 5.41) is 0. The van der Waals surface area contributed by atoms with Gasteiger partial charge >= 0.3 is 0 Å². The number of fused-ring (bicyclic) bond motifs is 1. The number of nitrogens with two attached hydrogens (primary N) is 1. The quantitative estimate of drug-likeness (QED) is 0.885. The summed E-state index contributed by atoms with van der Waals surface area (Å²) < 4.78 is 24.0. The molecule has 0 aromatic heterocycles. The second-order valence-corrected chi connectivity index (χ2v) is 7.29. The minimum absolute atomic E-state index is 0.0839. The van der Waals surface area contributed by atoms with Crippen LogP contribution in [0, 0.1) is 0 Å². The molecule has 1 aliphatic carbocycles. The summed E-state index contributed by atoms with van der Waals surface area (Å²) in [5.41, 5.74) is 9.32. The molecule has 0 radical (unpaired) electrons. The first-order valence-corrected chi connectivity index (χ1v) is 8.39. The number of benzene rings is 1. The summed E-state index contributed by atoms with van der Waals surface area (Å²) in [6.07, 6.45) is 4.09. The maximum absolute atomic E-state index is 12.0. The largest absolute Gasteiger partial charge is 0.327 e. The molecular weight excluding hydrogens is 246 g/mol. The molecule has 2 N–H and O–H groups in total. The first-order valence-electron chi connectivity index (χ1n) is 6.57. The van der Waals surface area contributed by atoms with Gasteiger partial charge in [0.25, 0.3) is 0 Å². The van der Waals surface area contributed by atoms with Crippen LogP contribution < -0.4 is 5.73 Å². The molecule has 0 spiro atoms. The maximum Gasteiger partial charge on any atom is 0.155 e. The molecule has 0 aliphatic heterocycles. The third kappa shape index (κ3) is 3.33. The van der Waals surface area contributed by atoms with Crippen molar-refractivity contribution in [2.24, 2.45) is 5.73 Å². The smallest absolute Gasteiger partial charge is 0.155 e. The van der Waals surface area contributed by atoms with Crippen LogP contribution in [0.2, 0.25) is 0 Å². The van der Waals surface area contributed by atoms with E-state index < -0.39 is 9.84 Å². The predicted octanol–water partition coefficient (Wildman–Crippen LogP) is 1.83. The van der Waals surface area contributed by atoms with Crippen molar-refractivity contribution < 1.29 is 8.42 Å². The van der Waals surface area contributed by atoms with E-state index in [1.54, 1.807) is 0 Å². The highest BCUT2D eigenvalue weighted by Crippen LogP contribution is 2.23. The first kappa shape index (κ1) is 13.6. The Hall–Kier alpha value is -0.870. The topological polar surface area (TPSA) is 60.2 Å². The van der Waals surface area contributed by atoms with Crippen LogP contribution in [0.1, 0.15) is 36.5 Å². The van der Waals surface area contributed by atoms with Crippen LogP contribution in [-0.2, 0) is 28.4 Å². The summed E-state index contributed by atoms with van der Waals surface area (Å²) in [6, 6.07) is 5.83. The Bertz CT molecular complexity index is 523. The van der Waals surface area contributed by atoms with E-state index in [1.807, 2.05) is 13.0 Å². The Morgan fingerprint density at radius 1 is 1.28 bits per heavy atom. The van der Waals surface area contributed by atoms with E-state index >= 15 is 0 Å².